The average Bonchev–Trinajstić information content (AvgIpc) is 3.21. The first kappa shape index (κ1) is 16.6. The van der Waals surface area contributed by atoms with Gasteiger partial charge in [0.2, 0.25) is 10.0 Å². The molecule has 0 radical (unpaired) electrons. The van der Waals surface area contributed by atoms with Gasteiger partial charge in [-0.3, -0.25) is 0 Å². The number of hydrogen-bond acceptors (Lipinski definition) is 4. The maximum Gasteiger partial charge on any atom is 0.215 e. The first-order chi connectivity index (χ1) is 9.88. The first-order valence-electron chi connectivity index (χ1n) is 7.36. The second-order valence-corrected chi connectivity index (χ2v) is 9.05. The summed E-state index contributed by atoms with van der Waals surface area (Å²) in [5, 5.41) is 0. The lowest BCUT2D eigenvalue weighted by Gasteiger charge is -2.25. The van der Waals surface area contributed by atoms with Gasteiger partial charge >= 0.3 is 0 Å². The number of anilines is 1. The minimum absolute atomic E-state index is 0.0390. The van der Waals surface area contributed by atoms with Gasteiger partial charge < -0.3 is 5.73 Å². The Kier molecular flexibility index (Phi) is 5.57. The molecule has 2 N–H and O–H groups in total. The van der Waals surface area contributed by atoms with E-state index in [1.807, 2.05) is 38.1 Å². The van der Waals surface area contributed by atoms with Gasteiger partial charge in [-0.15, -0.1) is 11.8 Å². The third kappa shape index (κ3) is 5.20. The molecule has 6 heteroatoms. The van der Waals surface area contributed by atoms with Gasteiger partial charge in [-0.05, 0) is 56.9 Å². The molecule has 21 heavy (non-hydrogen) atoms. The molecule has 1 fully saturated rings. The molecule has 1 aliphatic rings. The van der Waals surface area contributed by atoms with E-state index in [0.717, 1.165) is 10.6 Å². The van der Waals surface area contributed by atoms with Crippen molar-refractivity contribution in [1.29, 1.82) is 0 Å². The Morgan fingerprint density at radius 2 is 1.90 bits per heavy atom. The minimum atomic E-state index is -3.17. The maximum absolute atomic E-state index is 12.5. The van der Waals surface area contributed by atoms with Gasteiger partial charge in [-0.2, -0.15) is 4.31 Å². The van der Waals surface area contributed by atoms with Crippen LogP contribution in [0.25, 0.3) is 0 Å². The second kappa shape index (κ2) is 7.03. The molecule has 2 rings (SSSR count). The number of nitrogens with two attached hydrogens (primary N) is 1. The van der Waals surface area contributed by atoms with Crippen molar-refractivity contribution in [3.05, 3.63) is 24.3 Å². The Bertz CT molecular complexity index is 552. The highest BCUT2D eigenvalue weighted by atomic mass is 32.2. The normalized spacial score (nSPS) is 15.8. The third-order valence-corrected chi connectivity index (χ3v) is 6.84. The molecular weight excluding hydrogens is 304 g/mol. The van der Waals surface area contributed by atoms with E-state index in [4.69, 9.17) is 5.73 Å². The molecule has 1 saturated carbocycles. The van der Waals surface area contributed by atoms with Crippen LogP contribution in [-0.4, -0.2) is 36.8 Å². The van der Waals surface area contributed by atoms with Crippen LogP contribution in [0.5, 0.6) is 0 Å². The van der Waals surface area contributed by atoms with Crippen LogP contribution in [0.2, 0.25) is 0 Å². The van der Waals surface area contributed by atoms with Crippen LogP contribution >= 0.6 is 11.8 Å². The smallest absolute Gasteiger partial charge is 0.215 e. The predicted molar refractivity (Wildman–Crippen MR) is 89.9 cm³/mol. The van der Waals surface area contributed by atoms with E-state index in [9.17, 15) is 8.42 Å². The molecule has 0 unspecified atom stereocenters. The number of sulfonamides is 1. The standard InChI is InChI=1S/C15H24N2O2S2/c1-12(2)17(11-13-3-4-13)21(18,19)10-9-20-15-7-5-14(16)6-8-15/h5-8,12-13H,3-4,9-11,16H2,1-2H3. The van der Waals surface area contributed by atoms with Crippen LogP contribution < -0.4 is 5.73 Å². The largest absolute Gasteiger partial charge is 0.399 e. The van der Waals surface area contributed by atoms with Crippen LogP contribution in [0.15, 0.2) is 29.2 Å². The predicted octanol–water partition coefficient (Wildman–Crippen LogP) is 2.81. The summed E-state index contributed by atoms with van der Waals surface area (Å²) in [6.07, 6.45) is 2.33. The van der Waals surface area contributed by atoms with Crippen LogP contribution in [0, 0.1) is 5.92 Å². The van der Waals surface area contributed by atoms with E-state index >= 15 is 0 Å². The van der Waals surface area contributed by atoms with Gasteiger partial charge in [0.25, 0.3) is 0 Å². The van der Waals surface area contributed by atoms with Crippen LogP contribution in [0.4, 0.5) is 5.69 Å². The number of rotatable bonds is 8. The maximum atomic E-state index is 12.5. The molecule has 1 aromatic rings. The van der Waals surface area contributed by atoms with Crippen molar-refractivity contribution in [3.8, 4) is 0 Å². The molecule has 4 nitrogen and oxygen atoms in total. The van der Waals surface area contributed by atoms with Crippen molar-refractivity contribution >= 4 is 27.5 Å². The van der Waals surface area contributed by atoms with Gasteiger partial charge in [0.15, 0.2) is 0 Å². The summed E-state index contributed by atoms with van der Waals surface area (Å²) in [6, 6.07) is 7.57. The zero-order valence-corrected chi connectivity index (χ0v) is 14.3. The molecule has 0 saturated heterocycles. The van der Waals surface area contributed by atoms with Crippen LogP contribution in [0.1, 0.15) is 26.7 Å². The lowest BCUT2D eigenvalue weighted by Crippen LogP contribution is -2.40. The zero-order chi connectivity index (χ0) is 15.5. The number of hydrogen-bond donors (Lipinski definition) is 1. The second-order valence-electron chi connectivity index (χ2n) is 5.84. The van der Waals surface area contributed by atoms with Crippen molar-refractivity contribution in [2.45, 2.75) is 37.6 Å². The van der Waals surface area contributed by atoms with E-state index in [0.29, 0.717) is 18.2 Å². The van der Waals surface area contributed by atoms with Gasteiger partial charge in [0.05, 0.1) is 5.75 Å². The Morgan fingerprint density at radius 3 is 2.43 bits per heavy atom. The summed E-state index contributed by atoms with van der Waals surface area (Å²) in [4.78, 5) is 1.05. The lowest BCUT2D eigenvalue weighted by molar-refractivity contribution is 0.342. The Labute approximate surface area is 132 Å². The van der Waals surface area contributed by atoms with Crippen LogP contribution in [-0.2, 0) is 10.0 Å². The third-order valence-electron chi connectivity index (χ3n) is 3.56. The minimum Gasteiger partial charge on any atom is -0.399 e. The summed E-state index contributed by atoms with van der Waals surface area (Å²) in [7, 11) is -3.17. The molecule has 0 spiro atoms. The van der Waals surface area contributed by atoms with Crippen molar-refractivity contribution in [2.24, 2.45) is 5.92 Å². The van der Waals surface area contributed by atoms with E-state index in [1.165, 1.54) is 12.8 Å². The van der Waals surface area contributed by atoms with Crippen LogP contribution in [0.3, 0.4) is 0 Å². The molecule has 1 aromatic carbocycles. The molecular formula is C15H24N2O2S2. The first-order valence-corrected chi connectivity index (χ1v) is 9.96. The van der Waals surface area contributed by atoms with Crippen molar-refractivity contribution in [3.63, 3.8) is 0 Å². The Hall–Kier alpha value is -0.720. The average molecular weight is 329 g/mol. The summed E-state index contributed by atoms with van der Waals surface area (Å²) in [6.45, 7) is 4.59. The highest BCUT2D eigenvalue weighted by Crippen LogP contribution is 2.31. The molecule has 0 aromatic heterocycles. The fraction of sp³-hybridized carbons (Fsp3) is 0.600. The van der Waals surface area contributed by atoms with Crippen molar-refractivity contribution < 1.29 is 8.42 Å². The Morgan fingerprint density at radius 1 is 1.29 bits per heavy atom. The van der Waals surface area contributed by atoms with E-state index < -0.39 is 10.0 Å². The van der Waals surface area contributed by atoms with Gasteiger partial charge in [0, 0.05) is 28.9 Å². The monoisotopic (exact) mass is 328 g/mol. The summed E-state index contributed by atoms with van der Waals surface area (Å²) in [5.41, 5.74) is 6.36. The quantitative estimate of drug-likeness (QED) is 0.589. The van der Waals surface area contributed by atoms with E-state index in [-0.39, 0.29) is 11.8 Å². The van der Waals surface area contributed by atoms with E-state index in [1.54, 1.807) is 16.1 Å². The van der Waals surface area contributed by atoms with Gasteiger partial charge in [-0.1, -0.05) is 0 Å². The Balaban J connectivity index is 1.88. The molecule has 0 atom stereocenters. The zero-order valence-electron chi connectivity index (χ0n) is 12.7. The molecule has 118 valence electrons. The molecule has 0 aliphatic heterocycles. The van der Waals surface area contributed by atoms with Crippen molar-refractivity contribution in [2.75, 3.05) is 23.8 Å². The van der Waals surface area contributed by atoms with Gasteiger partial charge in [0.1, 0.15) is 0 Å². The van der Waals surface area contributed by atoms with Gasteiger partial charge in [-0.25, -0.2) is 8.42 Å². The molecule has 0 amide bonds. The summed E-state index contributed by atoms with van der Waals surface area (Å²) >= 11 is 1.56. The fourth-order valence-corrected chi connectivity index (χ4v) is 5.20. The molecule has 0 bridgehead atoms. The summed E-state index contributed by atoms with van der Waals surface area (Å²) in [5.74, 6) is 1.33. The van der Waals surface area contributed by atoms with E-state index in [2.05, 4.69) is 0 Å². The fourth-order valence-electron chi connectivity index (χ4n) is 2.15. The molecule has 0 heterocycles. The van der Waals surface area contributed by atoms with Crippen molar-refractivity contribution in [1.82, 2.24) is 4.31 Å². The SMILES string of the molecule is CC(C)N(CC1CC1)S(=O)(=O)CCSc1ccc(N)cc1. The topological polar surface area (TPSA) is 63.4 Å². The number of thioether (sulfide) groups is 1. The summed E-state index contributed by atoms with van der Waals surface area (Å²) < 4.78 is 26.6. The number of benzene rings is 1. The highest BCUT2D eigenvalue weighted by Gasteiger charge is 2.31. The number of nitrogen functional groups attached to an aromatic ring is 1. The number of nitrogens with zero attached hydrogens (tertiary/aromatic N) is 1. The lowest BCUT2D eigenvalue weighted by atomic mass is 10.3. The highest BCUT2D eigenvalue weighted by molar-refractivity contribution is 8.00. The molecule has 1 aliphatic carbocycles.